The number of nitro groups is 1. The van der Waals surface area contributed by atoms with E-state index in [9.17, 15) is 24.8 Å². The summed E-state index contributed by atoms with van der Waals surface area (Å²) in [5, 5.41) is 24.3. The van der Waals surface area contributed by atoms with Gasteiger partial charge in [0.05, 0.1) is 10.6 Å². The molecule has 0 aliphatic carbocycles. The van der Waals surface area contributed by atoms with Gasteiger partial charge in [0, 0.05) is 23.3 Å². The summed E-state index contributed by atoms with van der Waals surface area (Å²) in [7, 11) is 0. The largest absolute Gasteiger partial charge is 0.507 e. The normalized spacial score (nSPS) is 17.0. The molecule has 174 valence electrons. The summed E-state index contributed by atoms with van der Waals surface area (Å²) in [6.07, 6.45) is 3.36. The maximum atomic E-state index is 12.9. The molecule has 0 aromatic heterocycles. The van der Waals surface area contributed by atoms with Crippen molar-refractivity contribution in [3.8, 4) is 5.75 Å². The van der Waals surface area contributed by atoms with Gasteiger partial charge in [0.1, 0.15) is 11.8 Å². The van der Waals surface area contributed by atoms with Gasteiger partial charge < -0.3 is 10.4 Å². The minimum atomic E-state index is -0.877. The van der Waals surface area contributed by atoms with Crippen LogP contribution in [0.15, 0.2) is 42.5 Å². The van der Waals surface area contributed by atoms with E-state index in [1.54, 1.807) is 12.2 Å². The van der Waals surface area contributed by atoms with E-state index >= 15 is 0 Å². The molecule has 1 fully saturated rings. The lowest BCUT2D eigenvalue weighted by molar-refractivity contribution is -0.384. The van der Waals surface area contributed by atoms with Crippen LogP contribution in [0.3, 0.4) is 0 Å². The standard InChI is InChI=1S/C25H29N3O5/c1-24(2,3)18-13-15(14-19(21(18)29)25(4,5)6)7-12-20-22(30)27(23(31)26-20)16-8-10-17(11-9-16)28(32)33/h7-14,20,29H,1-6H3,(H,26,31). The number of carbonyl (C=O) groups is 2. The number of phenolic OH excluding ortho intramolecular Hbond substituents is 1. The first kappa shape index (κ1) is 24.0. The van der Waals surface area contributed by atoms with Crippen molar-refractivity contribution in [1.82, 2.24) is 5.32 Å². The Hall–Kier alpha value is -3.68. The Balaban J connectivity index is 1.91. The van der Waals surface area contributed by atoms with E-state index in [1.165, 1.54) is 24.3 Å². The van der Waals surface area contributed by atoms with Crippen molar-refractivity contribution >= 4 is 29.4 Å². The molecule has 2 N–H and O–H groups in total. The number of rotatable bonds is 4. The van der Waals surface area contributed by atoms with E-state index < -0.39 is 22.9 Å². The highest BCUT2D eigenvalue weighted by Crippen LogP contribution is 2.40. The molecule has 2 aromatic carbocycles. The zero-order valence-corrected chi connectivity index (χ0v) is 19.7. The summed E-state index contributed by atoms with van der Waals surface area (Å²) in [5.41, 5.74) is 1.94. The number of hydrogen-bond acceptors (Lipinski definition) is 5. The maximum absolute atomic E-state index is 12.9. The van der Waals surface area contributed by atoms with Crippen LogP contribution in [0.25, 0.3) is 6.08 Å². The van der Waals surface area contributed by atoms with Crippen molar-refractivity contribution in [2.45, 2.75) is 58.4 Å². The number of aromatic hydroxyl groups is 1. The third kappa shape index (κ3) is 4.89. The Morgan fingerprint density at radius 3 is 1.97 bits per heavy atom. The van der Waals surface area contributed by atoms with Crippen molar-refractivity contribution in [2.75, 3.05) is 4.90 Å². The zero-order chi connectivity index (χ0) is 24.7. The van der Waals surface area contributed by atoms with Gasteiger partial charge in [-0.3, -0.25) is 14.9 Å². The van der Waals surface area contributed by atoms with E-state index in [-0.39, 0.29) is 28.0 Å². The zero-order valence-electron chi connectivity index (χ0n) is 19.7. The lowest BCUT2D eigenvalue weighted by Gasteiger charge is -2.28. The first-order valence-corrected chi connectivity index (χ1v) is 10.7. The first-order chi connectivity index (χ1) is 15.2. The Labute approximate surface area is 193 Å². The Morgan fingerprint density at radius 2 is 1.52 bits per heavy atom. The lowest BCUT2D eigenvalue weighted by Crippen LogP contribution is -2.30. The molecule has 1 aliphatic heterocycles. The summed E-state index contributed by atoms with van der Waals surface area (Å²) in [4.78, 5) is 36.6. The number of carbonyl (C=O) groups excluding carboxylic acids is 2. The summed E-state index contributed by atoms with van der Waals surface area (Å²) < 4.78 is 0. The number of imide groups is 1. The van der Waals surface area contributed by atoms with Crippen LogP contribution < -0.4 is 10.2 Å². The van der Waals surface area contributed by atoms with Gasteiger partial charge in [0.2, 0.25) is 0 Å². The topological polar surface area (TPSA) is 113 Å². The van der Waals surface area contributed by atoms with Gasteiger partial charge in [-0.25, -0.2) is 9.69 Å². The fourth-order valence-corrected chi connectivity index (χ4v) is 3.70. The predicted octanol–water partition coefficient (Wildman–Crippen LogP) is 5.03. The number of anilines is 1. The van der Waals surface area contributed by atoms with Gasteiger partial charge in [-0.05, 0) is 40.7 Å². The molecule has 8 nitrogen and oxygen atoms in total. The van der Waals surface area contributed by atoms with Crippen LogP contribution >= 0.6 is 0 Å². The van der Waals surface area contributed by atoms with E-state index in [1.807, 2.05) is 53.7 Å². The molecule has 33 heavy (non-hydrogen) atoms. The molecule has 2 aromatic rings. The predicted molar refractivity (Wildman–Crippen MR) is 127 cm³/mol. The van der Waals surface area contributed by atoms with Crippen molar-refractivity contribution in [1.29, 1.82) is 0 Å². The van der Waals surface area contributed by atoms with Crippen molar-refractivity contribution in [3.05, 3.63) is 69.3 Å². The fraction of sp³-hybridized carbons (Fsp3) is 0.360. The minimum Gasteiger partial charge on any atom is -0.507 e. The van der Waals surface area contributed by atoms with E-state index in [2.05, 4.69) is 5.32 Å². The number of non-ortho nitro benzene ring substituents is 1. The molecule has 1 saturated heterocycles. The molecule has 1 heterocycles. The molecule has 3 amide bonds. The number of nitro benzene ring substituents is 1. The fourth-order valence-electron chi connectivity index (χ4n) is 3.70. The Kier molecular flexibility index (Phi) is 6.06. The monoisotopic (exact) mass is 451 g/mol. The highest BCUT2D eigenvalue weighted by atomic mass is 16.6. The third-order valence-corrected chi connectivity index (χ3v) is 5.52. The molecule has 3 rings (SSSR count). The number of nitrogens with one attached hydrogen (secondary N) is 1. The highest BCUT2D eigenvalue weighted by molar-refractivity contribution is 6.22. The van der Waals surface area contributed by atoms with E-state index in [0.29, 0.717) is 0 Å². The van der Waals surface area contributed by atoms with Crippen LogP contribution in [0.5, 0.6) is 5.75 Å². The van der Waals surface area contributed by atoms with Crippen LogP contribution in [-0.2, 0) is 15.6 Å². The summed E-state index contributed by atoms with van der Waals surface area (Å²) in [5.74, 6) is -0.210. The number of phenols is 1. The number of hydrogen-bond donors (Lipinski definition) is 2. The summed E-state index contributed by atoms with van der Waals surface area (Å²) >= 11 is 0. The lowest BCUT2D eigenvalue weighted by atomic mass is 9.78. The van der Waals surface area contributed by atoms with Crippen molar-refractivity contribution in [3.63, 3.8) is 0 Å². The van der Waals surface area contributed by atoms with Crippen LogP contribution in [0.4, 0.5) is 16.2 Å². The number of benzene rings is 2. The number of amides is 3. The van der Waals surface area contributed by atoms with Gasteiger partial charge in [0.25, 0.3) is 11.6 Å². The third-order valence-electron chi connectivity index (χ3n) is 5.52. The highest BCUT2D eigenvalue weighted by Gasteiger charge is 2.37. The number of urea groups is 1. The van der Waals surface area contributed by atoms with Gasteiger partial charge >= 0.3 is 6.03 Å². The average Bonchev–Trinajstić information content (AvgIpc) is 2.98. The molecule has 1 aliphatic rings. The molecule has 8 heteroatoms. The summed E-state index contributed by atoms with van der Waals surface area (Å²) in [6, 6.07) is 7.53. The van der Waals surface area contributed by atoms with Crippen LogP contribution in [0.2, 0.25) is 0 Å². The molecular weight excluding hydrogens is 422 g/mol. The second-order valence-electron chi connectivity index (χ2n) is 10.2. The SMILES string of the molecule is CC(C)(C)c1cc(C=CC2NC(=O)N(c3ccc([N+](=O)[O-])cc3)C2=O)cc(C(C)(C)C)c1O. The van der Waals surface area contributed by atoms with Gasteiger partial charge in [-0.15, -0.1) is 0 Å². The molecular formula is C25H29N3O5. The second-order valence-corrected chi connectivity index (χ2v) is 10.2. The van der Waals surface area contributed by atoms with Crippen LogP contribution in [0, 0.1) is 10.1 Å². The molecule has 1 atom stereocenters. The van der Waals surface area contributed by atoms with Crippen LogP contribution in [-0.4, -0.2) is 28.0 Å². The summed E-state index contributed by atoms with van der Waals surface area (Å²) in [6.45, 7) is 12.1. The molecule has 0 bridgehead atoms. The van der Waals surface area contributed by atoms with Crippen LogP contribution in [0.1, 0.15) is 58.2 Å². The average molecular weight is 452 g/mol. The maximum Gasteiger partial charge on any atom is 0.329 e. The second kappa shape index (κ2) is 8.35. The quantitative estimate of drug-likeness (QED) is 0.384. The van der Waals surface area contributed by atoms with E-state index in [0.717, 1.165) is 21.6 Å². The van der Waals surface area contributed by atoms with Crippen molar-refractivity contribution < 1.29 is 19.6 Å². The molecule has 0 saturated carbocycles. The van der Waals surface area contributed by atoms with Crippen molar-refractivity contribution in [2.24, 2.45) is 0 Å². The first-order valence-electron chi connectivity index (χ1n) is 10.7. The van der Waals surface area contributed by atoms with Gasteiger partial charge in [-0.2, -0.15) is 0 Å². The molecule has 0 spiro atoms. The number of nitrogens with zero attached hydrogens (tertiary/aromatic N) is 2. The van der Waals surface area contributed by atoms with E-state index in [4.69, 9.17) is 0 Å². The molecule has 1 unspecified atom stereocenters. The smallest absolute Gasteiger partial charge is 0.329 e. The minimum absolute atomic E-state index is 0.126. The molecule has 0 radical (unpaired) electrons. The van der Waals surface area contributed by atoms with Gasteiger partial charge in [0.15, 0.2) is 0 Å². The van der Waals surface area contributed by atoms with Gasteiger partial charge in [-0.1, -0.05) is 53.7 Å². The Morgan fingerprint density at radius 1 is 1.00 bits per heavy atom. The Bertz CT molecular complexity index is 1100.